The molecule has 0 aliphatic heterocycles. The molecule has 0 saturated heterocycles. The highest BCUT2D eigenvalue weighted by molar-refractivity contribution is 5.78. The summed E-state index contributed by atoms with van der Waals surface area (Å²) in [6, 6.07) is 38.2. The van der Waals surface area contributed by atoms with Gasteiger partial charge in [0.1, 0.15) is 11.6 Å². The van der Waals surface area contributed by atoms with Crippen LogP contribution in [0.2, 0.25) is 0 Å². The van der Waals surface area contributed by atoms with Crippen LogP contribution in [0.15, 0.2) is 121 Å². The van der Waals surface area contributed by atoms with Gasteiger partial charge in [0.2, 0.25) is 0 Å². The normalized spacial score (nSPS) is 11.8. The third kappa shape index (κ3) is 6.38. The van der Waals surface area contributed by atoms with Gasteiger partial charge in [-0.15, -0.1) is 0 Å². The van der Waals surface area contributed by atoms with Gasteiger partial charge in [0.25, 0.3) is 0 Å². The molecule has 0 spiro atoms. The largest absolute Gasteiger partial charge is 0.507 e. The predicted molar refractivity (Wildman–Crippen MR) is 188 cm³/mol. The molecule has 0 radical (unpaired) electrons. The maximum absolute atomic E-state index is 11.7. The highest BCUT2D eigenvalue weighted by Gasteiger charge is 2.27. The molecule has 2 aromatic heterocycles. The van der Waals surface area contributed by atoms with Gasteiger partial charge < -0.3 is 5.11 Å². The molecule has 0 atom stereocenters. The average Bonchev–Trinajstić information content (AvgIpc) is 3.05. The predicted octanol–water partition coefficient (Wildman–Crippen LogP) is 10.0. The molecule has 6 heteroatoms. The van der Waals surface area contributed by atoms with E-state index in [0.717, 1.165) is 39.4 Å². The first-order valence-electron chi connectivity index (χ1n) is 15.6. The smallest absolute Gasteiger partial charge is 0.167 e. The van der Waals surface area contributed by atoms with Crippen LogP contribution in [0.4, 0.5) is 17.2 Å². The zero-order chi connectivity index (χ0) is 32.5. The summed E-state index contributed by atoms with van der Waals surface area (Å²) in [6.07, 6.45) is 1.80. The average molecular weight is 606 g/mol. The molecular formula is C40H39N5O. The minimum Gasteiger partial charge on any atom is -0.507 e. The summed E-state index contributed by atoms with van der Waals surface area (Å²) in [7, 11) is 0. The van der Waals surface area contributed by atoms with Crippen LogP contribution in [0.5, 0.6) is 5.75 Å². The molecule has 6 rings (SSSR count). The van der Waals surface area contributed by atoms with Crippen molar-refractivity contribution in [1.29, 1.82) is 0 Å². The summed E-state index contributed by atoms with van der Waals surface area (Å²) in [5.74, 6) is 2.46. The molecule has 4 aromatic carbocycles. The monoisotopic (exact) mass is 605 g/mol. The Morgan fingerprint density at radius 3 is 1.76 bits per heavy atom. The molecule has 0 fully saturated rings. The van der Waals surface area contributed by atoms with E-state index in [2.05, 4.69) is 81.8 Å². The fraction of sp³-hybridized carbons (Fsp3) is 0.200. The molecule has 1 N–H and O–H groups in total. The molecule has 0 aliphatic carbocycles. The van der Waals surface area contributed by atoms with Crippen LogP contribution in [0, 0.1) is 0 Å². The lowest BCUT2D eigenvalue weighted by Gasteiger charge is -2.27. The Kier molecular flexibility index (Phi) is 8.13. The van der Waals surface area contributed by atoms with E-state index in [1.165, 1.54) is 0 Å². The highest BCUT2D eigenvalue weighted by Crippen LogP contribution is 2.42. The van der Waals surface area contributed by atoms with Crippen LogP contribution in [-0.2, 0) is 10.8 Å². The van der Waals surface area contributed by atoms with E-state index in [9.17, 15) is 5.11 Å². The molecule has 2 heterocycles. The Balaban J connectivity index is 1.57. The molecule has 6 aromatic rings. The molecule has 0 saturated carbocycles. The first-order valence-corrected chi connectivity index (χ1v) is 15.6. The van der Waals surface area contributed by atoms with E-state index in [4.69, 9.17) is 15.0 Å². The zero-order valence-electron chi connectivity index (χ0n) is 27.2. The second kappa shape index (κ2) is 12.2. The highest BCUT2D eigenvalue weighted by atomic mass is 16.3. The Hall–Kier alpha value is -5.36. The molecule has 0 aliphatic rings. The summed E-state index contributed by atoms with van der Waals surface area (Å²) in [5.41, 5.74) is 5.69. The van der Waals surface area contributed by atoms with Crippen molar-refractivity contribution in [2.75, 3.05) is 4.90 Å². The number of aromatic hydroxyl groups is 1. The van der Waals surface area contributed by atoms with E-state index in [-0.39, 0.29) is 16.6 Å². The fourth-order valence-electron chi connectivity index (χ4n) is 5.41. The number of hydrogen-bond donors (Lipinski definition) is 1. The molecule has 230 valence electrons. The molecular weight excluding hydrogens is 566 g/mol. The van der Waals surface area contributed by atoms with Gasteiger partial charge in [-0.1, -0.05) is 114 Å². The number of benzene rings is 4. The van der Waals surface area contributed by atoms with Crippen molar-refractivity contribution in [3.05, 3.63) is 133 Å². The SMILES string of the molecule is CC(C)(C)c1cc(-c2nc(-c3ccccc3)nc(-c3cccc(N(c4ccccc4)c4ccccn4)c3)n2)c(O)c(C(C)(C)C)c1. The lowest BCUT2D eigenvalue weighted by Crippen LogP contribution is -2.17. The van der Waals surface area contributed by atoms with Crippen LogP contribution in [0.25, 0.3) is 34.2 Å². The van der Waals surface area contributed by atoms with Crippen molar-refractivity contribution in [2.45, 2.75) is 52.4 Å². The van der Waals surface area contributed by atoms with Crippen molar-refractivity contribution < 1.29 is 5.11 Å². The van der Waals surface area contributed by atoms with E-state index in [1.54, 1.807) is 6.20 Å². The Bertz CT molecular complexity index is 1920. The van der Waals surface area contributed by atoms with Gasteiger partial charge in [0, 0.05) is 34.3 Å². The van der Waals surface area contributed by atoms with E-state index in [1.807, 2.05) is 84.9 Å². The zero-order valence-corrected chi connectivity index (χ0v) is 27.2. The third-order valence-corrected chi connectivity index (χ3v) is 7.95. The van der Waals surface area contributed by atoms with Crippen molar-refractivity contribution in [3.8, 4) is 39.9 Å². The lowest BCUT2D eigenvalue weighted by molar-refractivity contribution is 0.446. The summed E-state index contributed by atoms with van der Waals surface area (Å²) in [5, 5.41) is 11.7. The Morgan fingerprint density at radius 2 is 1.13 bits per heavy atom. The van der Waals surface area contributed by atoms with E-state index < -0.39 is 0 Å². The summed E-state index contributed by atoms with van der Waals surface area (Å²) >= 11 is 0. The summed E-state index contributed by atoms with van der Waals surface area (Å²) in [6.45, 7) is 12.9. The number of hydrogen-bond acceptors (Lipinski definition) is 6. The van der Waals surface area contributed by atoms with Crippen LogP contribution < -0.4 is 4.90 Å². The van der Waals surface area contributed by atoms with Gasteiger partial charge >= 0.3 is 0 Å². The molecule has 6 nitrogen and oxygen atoms in total. The maximum Gasteiger partial charge on any atom is 0.167 e. The van der Waals surface area contributed by atoms with Gasteiger partial charge in [-0.3, -0.25) is 4.90 Å². The minimum atomic E-state index is -0.293. The Labute approximate surface area is 271 Å². The van der Waals surface area contributed by atoms with Gasteiger partial charge in [0.15, 0.2) is 17.5 Å². The van der Waals surface area contributed by atoms with Crippen LogP contribution >= 0.6 is 0 Å². The number of nitrogens with zero attached hydrogens (tertiary/aromatic N) is 5. The van der Waals surface area contributed by atoms with Gasteiger partial charge in [-0.2, -0.15) is 0 Å². The molecule has 0 amide bonds. The van der Waals surface area contributed by atoms with Crippen LogP contribution in [-0.4, -0.2) is 25.0 Å². The van der Waals surface area contributed by atoms with Crippen LogP contribution in [0.1, 0.15) is 52.7 Å². The quantitative estimate of drug-likeness (QED) is 0.204. The first kappa shape index (κ1) is 30.7. The third-order valence-electron chi connectivity index (χ3n) is 7.95. The summed E-state index contributed by atoms with van der Waals surface area (Å²) in [4.78, 5) is 21.7. The molecule has 0 bridgehead atoms. The lowest BCUT2D eigenvalue weighted by atomic mass is 9.79. The fourth-order valence-corrected chi connectivity index (χ4v) is 5.41. The Morgan fingerprint density at radius 1 is 0.543 bits per heavy atom. The van der Waals surface area contributed by atoms with Crippen molar-refractivity contribution in [1.82, 2.24) is 19.9 Å². The number of phenolic OH excluding ortho intramolecular Hbond substituents is 1. The number of para-hydroxylation sites is 1. The topological polar surface area (TPSA) is 75.0 Å². The number of rotatable bonds is 6. The number of aromatic nitrogens is 4. The number of phenols is 1. The standard InChI is InChI=1S/C40H39N5O/c1-39(2,3)29-25-32(35(46)33(26-29)40(4,5)6)38-43-36(27-16-9-7-10-17-27)42-37(44-38)28-18-15-21-31(24-28)45(30-19-11-8-12-20-30)34-22-13-14-23-41-34/h7-26,46H,1-6H3. The second-order valence-corrected chi connectivity index (χ2v) is 13.5. The van der Waals surface area contributed by atoms with Gasteiger partial charge in [-0.05, 0) is 58.9 Å². The van der Waals surface area contributed by atoms with Crippen LogP contribution in [0.3, 0.4) is 0 Å². The van der Waals surface area contributed by atoms with Gasteiger partial charge in [-0.25, -0.2) is 19.9 Å². The van der Waals surface area contributed by atoms with Crippen molar-refractivity contribution >= 4 is 17.2 Å². The number of pyridine rings is 1. The van der Waals surface area contributed by atoms with E-state index >= 15 is 0 Å². The molecule has 46 heavy (non-hydrogen) atoms. The van der Waals surface area contributed by atoms with Crippen molar-refractivity contribution in [2.24, 2.45) is 0 Å². The maximum atomic E-state index is 11.7. The number of anilines is 3. The van der Waals surface area contributed by atoms with Crippen molar-refractivity contribution in [3.63, 3.8) is 0 Å². The van der Waals surface area contributed by atoms with E-state index in [0.29, 0.717) is 23.0 Å². The minimum absolute atomic E-state index is 0.152. The molecule has 0 unspecified atom stereocenters. The first-order chi connectivity index (χ1) is 22.0. The van der Waals surface area contributed by atoms with Gasteiger partial charge in [0.05, 0.1) is 5.56 Å². The second-order valence-electron chi connectivity index (χ2n) is 13.5. The summed E-state index contributed by atoms with van der Waals surface area (Å²) < 4.78 is 0.